The molecule has 0 spiro atoms. The van der Waals surface area contributed by atoms with Crippen molar-refractivity contribution in [1.29, 1.82) is 0 Å². The number of aryl methyl sites for hydroxylation is 1. The Morgan fingerprint density at radius 2 is 2.33 bits per heavy atom. The fourth-order valence-corrected chi connectivity index (χ4v) is 1.22. The molecule has 1 atom stereocenters. The maximum absolute atomic E-state index is 10.9. The molecular weight excluding hydrogens is 192 g/mol. The van der Waals surface area contributed by atoms with Crippen LogP contribution < -0.4 is 5.73 Å². The highest BCUT2D eigenvalue weighted by Crippen LogP contribution is 2.13. The second kappa shape index (κ2) is 5.46. The maximum atomic E-state index is 10.9. The summed E-state index contributed by atoms with van der Waals surface area (Å²) in [6.07, 6.45) is 2.66. The van der Waals surface area contributed by atoms with Crippen LogP contribution in [-0.4, -0.2) is 18.1 Å². The van der Waals surface area contributed by atoms with E-state index in [0.717, 1.165) is 11.3 Å². The van der Waals surface area contributed by atoms with Crippen molar-refractivity contribution in [3.63, 3.8) is 0 Å². The molecule has 0 aliphatic rings. The Morgan fingerprint density at radius 3 is 2.87 bits per heavy atom. The molecule has 1 aromatic heterocycles. The number of nitrogens with zero attached hydrogens (tertiary/aromatic N) is 1. The quantitative estimate of drug-likeness (QED) is 0.758. The van der Waals surface area contributed by atoms with Gasteiger partial charge in [0.2, 0.25) is 0 Å². The SMILES string of the molecule is COC(=O)CCC(N)c1ccc(C)cn1. The van der Waals surface area contributed by atoms with E-state index in [2.05, 4.69) is 9.72 Å². The fraction of sp³-hybridized carbons (Fsp3) is 0.455. The summed E-state index contributed by atoms with van der Waals surface area (Å²) < 4.78 is 4.54. The van der Waals surface area contributed by atoms with Gasteiger partial charge in [0.05, 0.1) is 12.8 Å². The molecule has 1 rings (SSSR count). The van der Waals surface area contributed by atoms with Gasteiger partial charge in [-0.2, -0.15) is 0 Å². The number of carbonyl (C=O) groups is 1. The summed E-state index contributed by atoms with van der Waals surface area (Å²) in [5.74, 6) is -0.238. The van der Waals surface area contributed by atoms with Crippen LogP contribution in [0.2, 0.25) is 0 Å². The summed E-state index contributed by atoms with van der Waals surface area (Å²) in [5.41, 5.74) is 7.78. The van der Waals surface area contributed by atoms with Gasteiger partial charge in [-0.15, -0.1) is 0 Å². The molecule has 0 amide bonds. The van der Waals surface area contributed by atoms with Gasteiger partial charge in [-0.1, -0.05) is 6.07 Å². The zero-order valence-corrected chi connectivity index (χ0v) is 9.06. The highest BCUT2D eigenvalue weighted by Gasteiger charge is 2.09. The Labute approximate surface area is 89.5 Å². The Kier molecular flexibility index (Phi) is 4.24. The minimum Gasteiger partial charge on any atom is -0.469 e. The average Bonchev–Trinajstić information content (AvgIpc) is 2.26. The number of esters is 1. The molecule has 1 heterocycles. The minimum absolute atomic E-state index is 0.204. The molecule has 82 valence electrons. The first-order chi connectivity index (χ1) is 7.13. The van der Waals surface area contributed by atoms with E-state index in [4.69, 9.17) is 5.73 Å². The molecule has 4 heteroatoms. The number of pyridine rings is 1. The van der Waals surface area contributed by atoms with Crippen molar-refractivity contribution in [3.8, 4) is 0 Å². The van der Waals surface area contributed by atoms with Gasteiger partial charge in [0.25, 0.3) is 0 Å². The lowest BCUT2D eigenvalue weighted by molar-refractivity contribution is -0.140. The first-order valence-electron chi connectivity index (χ1n) is 4.88. The van der Waals surface area contributed by atoms with E-state index < -0.39 is 0 Å². The van der Waals surface area contributed by atoms with Crippen LogP contribution in [0.1, 0.15) is 30.1 Å². The number of carbonyl (C=O) groups excluding carboxylic acids is 1. The van der Waals surface area contributed by atoms with Crippen LogP contribution in [0.15, 0.2) is 18.3 Å². The van der Waals surface area contributed by atoms with Crippen LogP contribution in [0.25, 0.3) is 0 Å². The summed E-state index contributed by atoms with van der Waals surface area (Å²) in [7, 11) is 1.37. The normalized spacial score (nSPS) is 12.2. The third-order valence-electron chi connectivity index (χ3n) is 2.20. The summed E-state index contributed by atoms with van der Waals surface area (Å²) >= 11 is 0. The Morgan fingerprint density at radius 1 is 1.60 bits per heavy atom. The van der Waals surface area contributed by atoms with Crippen molar-refractivity contribution in [1.82, 2.24) is 4.98 Å². The second-order valence-corrected chi connectivity index (χ2v) is 3.48. The molecule has 0 radical (unpaired) electrons. The second-order valence-electron chi connectivity index (χ2n) is 3.48. The third-order valence-corrected chi connectivity index (χ3v) is 2.20. The van der Waals surface area contributed by atoms with Gasteiger partial charge < -0.3 is 10.5 Å². The summed E-state index contributed by atoms with van der Waals surface area (Å²) in [6.45, 7) is 1.97. The summed E-state index contributed by atoms with van der Waals surface area (Å²) in [5, 5.41) is 0. The lowest BCUT2D eigenvalue weighted by Crippen LogP contribution is -2.14. The number of hydrogen-bond acceptors (Lipinski definition) is 4. The van der Waals surface area contributed by atoms with E-state index in [0.29, 0.717) is 12.8 Å². The van der Waals surface area contributed by atoms with Crippen LogP contribution in [0.4, 0.5) is 0 Å². The molecule has 0 fully saturated rings. The van der Waals surface area contributed by atoms with Gasteiger partial charge >= 0.3 is 5.97 Å². The summed E-state index contributed by atoms with van der Waals surface area (Å²) in [4.78, 5) is 15.1. The van der Waals surface area contributed by atoms with Gasteiger partial charge in [0, 0.05) is 18.7 Å². The average molecular weight is 208 g/mol. The molecule has 0 aromatic carbocycles. The van der Waals surface area contributed by atoms with Crippen LogP contribution in [-0.2, 0) is 9.53 Å². The lowest BCUT2D eigenvalue weighted by atomic mass is 10.1. The largest absolute Gasteiger partial charge is 0.469 e. The van der Waals surface area contributed by atoms with Gasteiger partial charge in [-0.3, -0.25) is 9.78 Å². The maximum Gasteiger partial charge on any atom is 0.305 e. The predicted molar refractivity (Wildman–Crippen MR) is 57.2 cm³/mol. The van der Waals surface area contributed by atoms with E-state index in [1.165, 1.54) is 7.11 Å². The van der Waals surface area contributed by atoms with E-state index in [-0.39, 0.29) is 12.0 Å². The molecule has 4 nitrogen and oxygen atoms in total. The number of aromatic nitrogens is 1. The van der Waals surface area contributed by atoms with Crippen LogP contribution in [0.5, 0.6) is 0 Å². The van der Waals surface area contributed by atoms with Crippen molar-refractivity contribution >= 4 is 5.97 Å². The highest BCUT2D eigenvalue weighted by molar-refractivity contribution is 5.69. The molecule has 0 aliphatic heterocycles. The van der Waals surface area contributed by atoms with Gasteiger partial charge in [-0.05, 0) is 25.0 Å². The number of ether oxygens (including phenoxy) is 1. The molecular formula is C11H16N2O2. The molecule has 1 aromatic rings. The van der Waals surface area contributed by atoms with E-state index in [1.807, 2.05) is 19.1 Å². The molecule has 0 bridgehead atoms. The zero-order valence-electron chi connectivity index (χ0n) is 9.06. The fourth-order valence-electron chi connectivity index (χ4n) is 1.22. The van der Waals surface area contributed by atoms with Crippen LogP contribution in [0, 0.1) is 6.92 Å². The van der Waals surface area contributed by atoms with Gasteiger partial charge in [0.1, 0.15) is 0 Å². The van der Waals surface area contributed by atoms with Crippen LogP contribution in [0.3, 0.4) is 0 Å². The van der Waals surface area contributed by atoms with Gasteiger partial charge in [-0.25, -0.2) is 0 Å². The van der Waals surface area contributed by atoms with Crippen molar-refractivity contribution in [2.75, 3.05) is 7.11 Å². The smallest absolute Gasteiger partial charge is 0.305 e. The van der Waals surface area contributed by atoms with E-state index >= 15 is 0 Å². The van der Waals surface area contributed by atoms with Crippen molar-refractivity contribution in [2.45, 2.75) is 25.8 Å². The molecule has 15 heavy (non-hydrogen) atoms. The zero-order chi connectivity index (χ0) is 11.3. The van der Waals surface area contributed by atoms with E-state index in [9.17, 15) is 4.79 Å². The van der Waals surface area contributed by atoms with Crippen LogP contribution >= 0.6 is 0 Å². The summed E-state index contributed by atoms with van der Waals surface area (Å²) in [6, 6.07) is 3.64. The third kappa shape index (κ3) is 3.67. The first kappa shape index (κ1) is 11.7. The molecule has 2 N–H and O–H groups in total. The standard InChI is InChI=1S/C11H16N2O2/c1-8-3-5-10(13-7-8)9(12)4-6-11(14)15-2/h3,5,7,9H,4,6,12H2,1-2H3. The number of nitrogens with two attached hydrogens (primary N) is 1. The van der Waals surface area contributed by atoms with Crippen molar-refractivity contribution < 1.29 is 9.53 Å². The number of hydrogen-bond donors (Lipinski definition) is 1. The lowest BCUT2D eigenvalue weighted by Gasteiger charge is -2.09. The monoisotopic (exact) mass is 208 g/mol. The van der Waals surface area contributed by atoms with Gasteiger partial charge in [0.15, 0.2) is 0 Å². The molecule has 0 aliphatic carbocycles. The molecule has 0 saturated carbocycles. The highest BCUT2D eigenvalue weighted by atomic mass is 16.5. The Hall–Kier alpha value is -1.42. The number of rotatable bonds is 4. The molecule has 0 saturated heterocycles. The Balaban J connectivity index is 2.50. The molecule has 1 unspecified atom stereocenters. The van der Waals surface area contributed by atoms with Crippen molar-refractivity contribution in [3.05, 3.63) is 29.6 Å². The van der Waals surface area contributed by atoms with E-state index in [1.54, 1.807) is 6.20 Å². The van der Waals surface area contributed by atoms with Crippen molar-refractivity contribution in [2.24, 2.45) is 5.73 Å². The first-order valence-corrected chi connectivity index (χ1v) is 4.88. The number of methoxy groups -OCH3 is 1. The topological polar surface area (TPSA) is 65.2 Å². The predicted octanol–water partition coefficient (Wildman–Crippen LogP) is 1.34. The minimum atomic E-state index is -0.238. The Bertz CT molecular complexity index is 322.